The van der Waals surface area contributed by atoms with Gasteiger partial charge in [-0.05, 0) is 83.1 Å². The van der Waals surface area contributed by atoms with E-state index in [1.165, 1.54) is 17.2 Å². The number of pyridine rings is 1. The molecule has 10 nitrogen and oxygen atoms in total. The van der Waals surface area contributed by atoms with E-state index in [4.69, 9.17) is 4.74 Å². The number of carbonyl (C=O) groups excluding carboxylic acids is 4. The van der Waals surface area contributed by atoms with Crippen molar-refractivity contribution in [2.75, 3.05) is 23.7 Å². The Bertz CT molecular complexity index is 1470. The first-order chi connectivity index (χ1) is 20.1. The molecular weight excluding hydrogens is 560 g/mol. The zero-order valence-electron chi connectivity index (χ0n) is 25.0. The zero-order chi connectivity index (χ0) is 31.3. The second kappa shape index (κ2) is 11.2. The third-order valence-corrected chi connectivity index (χ3v) is 8.11. The lowest BCUT2D eigenvalue weighted by molar-refractivity contribution is -0.153. The Labute approximate surface area is 249 Å². The van der Waals surface area contributed by atoms with E-state index in [1.807, 2.05) is 6.92 Å². The molecule has 43 heavy (non-hydrogen) atoms. The molecule has 5 rings (SSSR count). The number of nitrogens with zero attached hydrogens (tertiary/aromatic N) is 3. The van der Waals surface area contributed by atoms with E-state index < -0.39 is 52.6 Å². The summed E-state index contributed by atoms with van der Waals surface area (Å²) in [5, 5.41) is 5.26. The number of piperazine rings is 1. The van der Waals surface area contributed by atoms with Crippen molar-refractivity contribution >= 4 is 35.3 Å². The molecule has 2 N–H and O–H groups in total. The number of hydrogen-bond donors (Lipinski definition) is 2. The third-order valence-electron chi connectivity index (χ3n) is 8.11. The average Bonchev–Trinajstić information content (AvgIpc) is 3.86. The molecule has 0 bridgehead atoms. The van der Waals surface area contributed by atoms with Crippen molar-refractivity contribution in [1.29, 1.82) is 0 Å². The standard InChI is InChI=1S/C31H37F2N5O5/c1-17-15-38(24(19-8-9-22(32)23(33)12-19)16-37(17)28(41)31(5)10-11-31)27(40)26(39)35-20-13-21(18-6-7-18)25(34-14-20)36-29(42)43-30(2,3)4/h8-9,12-14,17-18,24H,6-7,10-11,15-16H2,1-5H3,(H,35,39)(H,34,36,42)/t17-,24-/m1/s1. The molecule has 1 aromatic carbocycles. The number of rotatable bonds is 5. The van der Waals surface area contributed by atoms with Crippen LogP contribution in [0.25, 0.3) is 0 Å². The number of halogens is 2. The van der Waals surface area contributed by atoms with Crippen molar-refractivity contribution in [3.63, 3.8) is 0 Å². The van der Waals surface area contributed by atoms with Crippen LogP contribution in [0.2, 0.25) is 0 Å². The molecule has 230 valence electrons. The Balaban J connectivity index is 1.35. The van der Waals surface area contributed by atoms with Crippen molar-refractivity contribution in [1.82, 2.24) is 14.8 Å². The van der Waals surface area contributed by atoms with Gasteiger partial charge in [-0.2, -0.15) is 0 Å². The van der Waals surface area contributed by atoms with Gasteiger partial charge in [-0.1, -0.05) is 13.0 Å². The molecular formula is C31H37F2N5O5. The summed E-state index contributed by atoms with van der Waals surface area (Å²) in [6, 6.07) is 3.74. The van der Waals surface area contributed by atoms with Gasteiger partial charge in [0.2, 0.25) is 5.91 Å². The van der Waals surface area contributed by atoms with Crippen LogP contribution in [0.4, 0.5) is 25.1 Å². The highest BCUT2D eigenvalue weighted by molar-refractivity contribution is 6.39. The fraction of sp³-hybridized carbons (Fsp3) is 0.516. The Hall–Kier alpha value is -4.09. The van der Waals surface area contributed by atoms with Crippen molar-refractivity contribution in [3.8, 4) is 0 Å². The molecule has 2 aliphatic carbocycles. The second-order valence-corrected chi connectivity index (χ2v) is 13.0. The van der Waals surface area contributed by atoms with Crippen LogP contribution in [0.3, 0.4) is 0 Å². The van der Waals surface area contributed by atoms with Crippen LogP contribution in [0.5, 0.6) is 0 Å². The normalized spacial score (nSPS) is 21.2. The van der Waals surface area contributed by atoms with Crippen molar-refractivity contribution < 1.29 is 32.7 Å². The summed E-state index contributed by atoms with van der Waals surface area (Å²) < 4.78 is 33.4. The Morgan fingerprint density at radius 1 is 1.00 bits per heavy atom. The number of aromatic nitrogens is 1. The number of benzene rings is 1. The molecule has 2 heterocycles. The lowest BCUT2D eigenvalue weighted by Crippen LogP contribution is -2.59. The number of ether oxygens (including phenoxy) is 1. The van der Waals surface area contributed by atoms with E-state index in [1.54, 1.807) is 38.7 Å². The molecule has 0 unspecified atom stereocenters. The van der Waals surface area contributed by atoms with E-state index in [0.717, 1.165) is 37.8 Å². The molecule has 3 aliphatic rings. The van der Waals surface area contributed by atoms with E-state index >= 15 is 0 Å². The summed E-state index contributed by atoms with van der Waals surface area (Å²) in [6.07, 6.45) is 3.98. The Morgan fingerprint density at radius 3 is 2.30 bits per heavy atom. The van der Waals surface area contributed by atoms with Gasteiger partial charge in [-0.25, -0.2) is 18.6 Å². The fourth-order valence-corrected chi connectivity index (χ4v) is 5.31. The lowest BCUT2D eigenvalue weighted by Gasteiger charge is -2.46. The van der Waals surface area contributed by atoms with Gasteiger partial charge in [0.05, 0.1) is 17.9 Å². The van der Waals surface area contributed by atoms with Gasteiger partial charge in [-0.15, -0.1) is 0 Å². The number of carbonyl (C=O) groups is 4. The first-order valence-electron chi connectivity index (χ1n) is 14.5. The van der Waals surface area contributed by atoms with E-state index in [2.05, 4.69) is 15.6 Å². The van der Waals surface area contributed by atoms with Gasteiger partial charge < -0.3 is 19.9 Å². The number of hydrogen-bond acceptors (Lipinski definition) is 6. The van der Waals surface area contributed by atoms with E-state index in [-0.39, 0.29) is 36.2 Å². The van der Waals surface area contributed by atoms with E-state index in [9.17, 15) is 28.0 Å². The summed E-state index contributed by atoms with van der Waals surface area (Å²) in [5.74, 6) is -3.53. The number of anilines is 2. The van der Waals surface area contributed by atoms with Crippen LogP contribution in [0.1, 0.15) is 83.4 Å². The van der Waals surface area contributed by atoms with Crippen LogP contribution in [0.15, 0.2) is 30.5 Å². The minimum Gasteiger partial charge on any atom is -0.444 e. The van der Waals surface area contributed by atoms with Gasteiger partial charge in [0.1, 0.15) is 11.4 Å². The van der Waals surface area contributed by atoms with Crippen LogP contribution in [-0.2, 0) is 19.1 Å². The molecule has 2 atom stereocenters. The Morgan fingerprint density at radius 2 is 1.70 bits per heavy atom. The Kier molecular flexibility index (Phi) is 7.91. The fourth-order valence-electron chi connectivity index (χ4n) is 5.31. The molecule has 1 saturated heterocycles. The van der Waals surface area contributed by atoms with Gasteiger partial charge in [0.25, 0.3) is 0 Å². The number of nitrogens with one attached hydrogen (secondary N) is 2. The topological polar surface area (TPSA) is 121 Å². The number of amides is 4. The lowest BCUT2D eigenvalue weighted by atomic mass is 9.97. The summed E-state index contributed by atoms with van der Waals surface area (Å²) in [4.78, 5) is 59.8. The first kappa shape index (κ1) is 30.4. The highest BCUT2D eigenvalue weighted by atomic mass is 19.2. The molecule has 1 aromatic heterocycles. The highest BCUT2D eigenvalue weighted by Crippen LogP contribution is 2.48. The van der Waals surface area contributed by atoms with Crippen molar-refractivity contribution in [2.24, 2.45) is 5.41 Å². The molecule has 12 heteroatoms. The van der Waals surface area contributed by atoms with Crippen LogP contribution >= 0.6 is 0 Å². The van der Waals surface area contributed by atoms with Crippen molar-refractivity contribution in [2.45, 2.75) is 83.9 Å². The van der Waals surface area contributed by atoms with Crippen molar-refractivity contribution in [3.05, 3.63) is 53.2 Å². The molecule has 0 radical (unpaired) electrons. The summed E-state index contributed by atoms with van der Waals surface area (Å²) in [7, 11) is 0. The SMILES string of the molecule is C[C@@H]1CN(C(=O)C(=O)Nc2cnc(NC(=O)OC(C)(C)C)c(C3CC3)c2)[C@@H](c2ccc(F)c(F)c2)CN1C(=O)C1(C)CC1. The molecule has 0 spiro atoms. The zero-order valence-corrected chi connectivity index (χ0v) is 25.0. The molecule has 2 saturated carbocycles. The van der Waals surface area contributed by atoms with Crippen LogP contribution < -0.4 is 10.6 Å². The first-order valence-corrected chi connectivity index (χ1v) is 14.5. The van der Waals surface area contributed by atoms with Gasteiger partial charge in [0.15, 0.2) is 11.6 Å². The summed E-state index contributed by atoms with van der Waals surface area (Å²) >= 11 is 0. The van der Waals surface area contributed by atoms with E-state index in [0.29, 0.717) is 11.4 Å². The largest absolute Gasteiger partial charge is 0.444 e. The maximum Gasteiger partial charge on any atom is 0.413 e. The van der Waals surface area contributed by atoms with Crippen LogP contribution in [0, 0.1) is 17.0 Å². The monoisotopic (exact) mass is 597 g/mol. The van der Waals surface area contributed by atoms with Gasteiger partial charge in [0, 0.05) is 30.1 Å². The van der Waals surface area contributed by atoms with Crippen LogP contribution in [-0.4, -0.2) is 63.3 Å². The van der Waals surface area contributed by atoms with Gasteiger partial charge in [-0.3, -0.25) is 19.7 Å². The molecule has 2 aromatic rings. The molecule has 1 aliphatic heterocycles. The quantitative estimate of drug-likeness (QED) is 0.462. The maximum atomic E-state index is 14.3. The van der Waals surface area contributed by atoms with Gasteiger partial charge >= 0.3 is 17.9 Å². The highest BCUT2D eigenvalue weighted by Gasteiger charge is 2.50. The summed E-state index contributed by atoms with van der Waals surface area (Å²) in [5.41, 5.74) is 0.100. The minimum absolute atomic E-state index is 0.0298. The third kappa shape index (κ3) is 6.78. The maximum absolute atomic E-state index is 14.3. The predicted octanol–water partition coefficient (Wildman–Crippen LogP) is 5.12. The molecule has 3 fully saturated rings. The smallest absolute Gasteiger partial charge is 0.413 e. The summed E-state index contributed by atoms with van der Waals surface area (Å²) in [6.45, 7) is 9.00. The minimum atomic E-state index is -1.08. The predicted molar refractivity (Wildman–Crippen MR) is 154 cm³/mol. The molecule has 4 amide bonds. The average molecular weight is 598 g/mol. The second-order valence-electron chi connectivity index (χ2n) is 13.0.